The van der Waals surface area contributed by atoms with Crippen LogP contribution in [0.4, 0.5) is 6.01 Å². The van der Waals surface area contributed by atoms with Crippen molar-refractivity contribution in [3.05, 3.63) is 5.89 Å². The van der Waals surface area contributed by atoms with Crippen molar-refractivity contribution >= 4 is 6.01 Å². The van der Waals surface area contributed by atoms with E-state index in [1.54, 1.807) is 7.05 Å². The summed E-state index contributed by atoms with van der Waals surface area (Å²) in [6.07, 6.45) is 1.88. The van der Waals surface area contributed by atoms with E-state index in [-0.39, 0.29) is 0 Å². The van der Waals surface area contributed by atoms with Crippen molar-refractivity contribution in [1.82, 2.24) is 10.2 Å². The maximum atomic E-state index is 5.26. The smallest absolute Gasteiger partial charge is 0.315 e. The summed E-state index contributed by atoms with van der Waals surface area (Å²) in [7, 11) is 1.72. The van der Waals surface area contributed by atoms with Gasteiger partial charge in [0, 0.05) is 20.0 Å². The quantitative estimate of drug-likeness (QED) is 0.737. The lowest BCUT2D eigenvalue weighted by Gasteiger charge is -1.87. The molecule has 76 valence electrons. The third kappa shape index (κ3) is 5.19. The minimum Gasteiger partial charge on any atom is -0.408 e. The van der Waals surface area contributed by atoms with Gasteiger partial charge in [-0.05, 0) is 0 Å². The van der Waals surface area contributed by atoms with Crippen molar-refractivity contribution in [3.8, 4) is 0 Å². The van der Waals surface area contributed by atoms with Crippen LogP contribution in [0.1, 0.15) is 26.2 Å². The van der Waals surface area contributed by atoms with E-state index in [1.807, 2.05) is 0 Å². The maximum absolute atomic E-state index is 5.26. The fourth-order valence-corrected chi connectivity index (χ4v) is 0.579. The maximum Gasteiger partial charge on any atom is 0.315 e. The normalized spacial score (nSPS) is 8.92. The molecule has 1 rings (SSSR count). The highest BCUT2D eigenvalue weighted by Crippen LogP contribution is 2.02. The van der Waals surface area contributed by atoms with Crippen molar-refractivity contribution < 1.29 is 4.42 Å². The minimum atomic E-state index is 0.434. The van der Waals surface area contributed by atoms with E-state index >= 15 is 0 Å². The summed E-state index contributed by atoms with van der Waals surface area (Å²) in [4.78, 5) is 0. The molecule has 0 unspecified atom stereocenters. The molecular formula is C8H18N4O. The zero-order chi connectivity index (χ0) is 10.1. The van der Waals surface area contributed by atoms with E-state index in [1.165, 1.54) is 6.42 Å². The van der Waals surface area contributed by atoms with E-state index in [2.05, 4.69) is 29.4 Å². The number of aromatic nitrogens is 2. The van der Waals surface area contributed by atoms with Gasteiger partial charge in [-0.1, -0.05) is 25.4 Å². The largest absolute Gasteiger partial charge is 0.408 e. The molecule has 0 amide bonds. The van der Waals surface area contributed by atoms with Crippen molar-refractivity contribution in [2.24, 2.45) is 5.73 Å². The molecule has 3 N–H and O–H groups in total. The molecule has 0 aliphatic rings. The lowest BCUT2D eigenvalue weighted by atomic mass is 10.4. The summed E-state index contributed by atoms with van der Waals surface area (Å²) < 4.78 is 5.06. The average Bonchev–Trinajstić information content (AvgIpc) is 2.54. The third-order valence-electron chi connectivity index (χ3n) is 1.04. The Kier molecular flexibility index (Phi) is 6.91. The first kappa shape index (κ1) is 11.9. The predicted molar refractivity (Wildman–Crippen MR) is 52.6 cm³/mol. The molecule has 0 radical (unpaired) electrons. The van der Waals surface area contributed by atoms with Crippen molar-refractivity contribution in [1.29, 1.82) is 0 Å². The summed E-state index contributed by atoms with van der Waals surface area (Å²) in [5.41, 5.74) is 5.26. The molecule has 13 heavy (non-hydrogen) atoms. The van der Waals surface area contributed by atoms with Crippen LogP contribution in [0.15, 0.2) is 4.42 Å². The van der Waals surface area contributed by atoms with Gasteiger partial charge in [-0.3, -0.25) is 0 Å². The van der Waals surface area contributed by atoms with Crippen molar-refractivity contribution in [2.75, 3.05) is 18.9 Å². The molecule has 0 aliphatic carbocycles. The van der Waals surface area contributed by atoms with Gasteiger partial charge in [0.05, 0.1) is 0 Å². The zero-order valence-corrected chi connectivity index (χ0v) is 8.50. The number of hydrogen-bond donors (Lipinski definition) is 2. The minimum absolute atomic E-state index is 0.434. The lowest BCUT2D eigenvalue weighted by Crippen LogP contribution is -2.02. The predicted octanol–water partition coefficient (Wildman–Crippen LogP) is 1.03. The Balaban J connectivity index is 0.000000424. The SMILES string of the molecule is CCC.CNc1nnc(CCN)o1. The summed E-state index contributed by atoms with van der Waals surface area (Å²) >= 11 is 0. The van der Waals surface area contributed by atoms with Gasteiger partial charge in [0.15, 0.2) is 0 Å². The molecule has 5 nitrogen and oxygen atoms in total. The highest BCUT2D eigenvalue weighted by Gasteiger charge is 2.00. The fraction of sp³-hybridized carbons (Fsp3) is 0.750. The third-order valence-corrected chi connectivity index (χ3v) is 1.04. The van der Waals surface area contributed by atoms with Crippen LogP contribution in [0, 0.1) is 0 Å². The van der Waals surface area contributed by atoms with Crippen molar-refractivity contribution in [3.63, 3.8) is 0 Å². The van der Waals surface area contributed by atoms with Gasteiger partial charge in [0.25, 0.3) is 0 Å². The van der Waals surface area contributed by atoms with Crippen LogP contribution in [0.5, 0.6) is 0 Å². The number of rotatable bonds is 3. The van der Waals surface area contributed by atoms with Gasteiger partial charge in [-0.15, -0.1) is 5.10 Å². The Hall–Kier alpha value is -1.10. The standard InChI is InChI=1S/C5H10N4O.C3H8/c1-7-5-9-8-4(10-5)2-3-6;1-3-2/h2-3,6H2,1H3,(H,7,9);3H2,1-2H3. The molecule has 0 saturated heterocycles. The van der Waals surface area contributed by atoms with Crippen LogP contribution in [0.25, 0.3) is 0 Å². The van der Waals surface area contributed by atoms with Gasteiger partial charge in [0.1, 0.15) is 0 Å². The second kappa shape index (κ2) is 7.54. The van der Waals surface area contributed by atoms with Gasteiger partial charge in [0.2, 0.25) is 5.89 Å². The van der Waals surface area contributed by atoms with Crippen LogP contribution in [-0.2, 0) is 6.42 Å². The Morgan fingerprint density at radius 3 is 2.38 bits per heavy atom. The van der Waals surface area contributed by atoms with E-state index in [0.717, 1.165) is 0 Å². The monoisotopic (exact) mass is 186 g/mol. The Morgan fingerprint density at radius 2 is 2.00 bits per heavy atom. The Bertz CT molecular complexity index is 212. The molecule has 0 atom stereocenters. The lowest BCUT2D eigenvalue weighted by molar-refractivity contribution is 0.508. The van der Waals surface area contributed by atoms with Gasteiger partial charge < -0.3 is 15.5 Å². The molecule has 0 spiro atoms. The number of hydrogen-bond acceptors (Lipinski definition) is 5. The average molecular weight is 186 g/mol. The number of nitrogens with zero attached hydrogens (tertiary/aromatic N) is 2. The summed E-state index contributed by atoms with van der Waals surface area (Å²) in [5.74, 6) is 0.576. The molecule has 0 fully saturated rings. The van der Waals surface area contributed by atoms with E-state index < -0.39 is 0 Å². The second-order valence-electron chi connectivity index (χ2n) is 2.50. The van der Waals surface area contributed by atoms with Gasteiger partial charge >= 0.3 is 6.01 Å². The van der Waals surface area contributed by atoms with E-state index in [4.69, 9.17) is 10.2 Å². The molecule has 0 aliphatic heterocycles. The Labute approximate surface area is 78.7 Å². The molecule has 1 heterocycles. The van der Waals surface area contributed by atoms with Crippen LogP contribution in [0.3, 0.4) is 0 Å². The first-order valence-electron chi connectivity index (χ1n) is 4.48. The highest BCUT2D eigenvalue weighted by atomic mass is 16.4. The molecule has 1 aromatic rings. The molecular weight excluding hydrogens is 168 g/mol. The Morgan fingerprint density at radius 1 is 1.38 bits per heavy atom. The van der Waals surface area contributed by atoms with Crippen molar-refractivity contribution in [2.45, 2.75) is 26.7 Å². The highest BCUT2D eigenvalue weighted by molar-refractivity contribution is 5.14. The molecule has 0 saturated carbocycles. The summed E-state index contributed by atoms with van der Waals surface area (Å²) in [6, 6.07) is 0.434. The van der Waals surface area contributed by atoms with E-state index in [9.17, 15) is 0 Å². The molecule has 0 aromatic carbocycles. The first-order valence-corrected chi connectivity index (χ1v) is 4.48. The summed E-state index contributed by atoms with van der Waals surface area (Å²) in [5, 5.41) is 10.1. The summed E-state index contributed by atoms with van der Waals surface area (Å²) in [6.45, 7) is 4.78. The number of nitrogens with one attached hydrogen (secondary N) is 1. The zero-order valence-electron chi connectivity index (χ0n) is 8.50. The second-order valence-corrected chi connectivity index (χ2v) is 2.50. The van der Waals surface area contributed by atoms with Gasteiger partial charge in [-0.25, -0.2) is 0 Å². The first-order chi connectivity index (χ1) is 6.28. The fourth-order valence-electron chi connectivity index (χ4n) is 0.579. The van der Waals surface area contributed by atoms with Crippen LogP contribution in [0.2, 0.25) is 0 Å². The van der Waals surface area contributed by atoms with Gasteiger partial charge in [-0.2, -0.15) is 0 Å². The number of nitrogens with two attached hydrogens (primary N) is 1. The number of anilines is 1. The van der Waals surface area contributed by atoms with Crippen LogP contribution < -0.4 is 11.1 Å². The van der Waals surface area contributed by atoms with E-state index in [0.29, 0.717) is 24.9 Å². The molecule has 0 bridgehead atoms. The van der Waals surface area contributed by atoms with Crippen LogP contribution in [-0.4, -0.2) is 23.8 Å². The molecule has 5 heteroatoms. The topological polar surface area (TPSA) is 77.0 Å². The van der Waals surface area contributed by atoms with Crippen LogP contribution >= 0.6 is 0 Å². The molecule has 1 aromatic heterocycles.